The Kier molecular flexibility index (Phi) is 7.47. The Hall–Kier alpha value is -4.28. The summed E-state index contributed by atoms with van der Waals surface area (Å²) < 4.78 is 15.6. The lowest BCUT2D eigenvalue weighted by Gasteiger charge is -2.46. The van der Waals surface area contributed by atoms with Crippen molar-refractivity contribution in [3.05, 3.63) is 70.9 Å². The Balaban J connectivity index is 1.62. The molecule has 1 unspecified atom stereocenters. The van der Waals surface area contributed by atoms with E-state index >= 15 is 0 Å². The van der Waals surface area contributed by atoms with Gasteiger partial charge in [0.15, 0.2) is 0 Å². The van der Waals surface area contributed by atoms with Crippen LogP contribution in [0.15, 0.2) is 42.7 Å². The number of aryl methyl sites for hydroxylation is 3. The number of nitrogens with zero attached hydrogens (tertiary/aromatic N) is 5. The summed E-state index contributed by atoms with van der Waals surface area (Å²) in [5.74, 6) is -1.77. The van der Waals surface area contributed by atoms with E-state index in [1.807, 2.05) is 6.92 Å². The zero-order valence-corrected chi connectivity index (χ0v) is 22.1. The summed E-state index contributed by atoms with van der Waals surface area (Å²) in [6.45, 7) is 5.40. The third-order valence-corrected chi connectivity index (χ3v) is 6.76. The Morgan fingerprint density at radius 1 is 1.21 bits per heavy atom. The number of nitrogens with one attached hydrogen (secondary N) is 1. The van der Waals surface area contributed by atoms with Gasteiger partial charge in [-0.15, -0.1) is 0 Å². The van der Waals surface area contributed by atoms with Gasteiger partial charge in [-0.25, -0.2) is 14.2 Å². The summed E-state index contributed by atoms with van der Waals surface area (Å²) in [5, 5.41) is 6.93. The number of hydrogen-bond acceptors (Lipinski definition) is 6. The smallest absolute Gasteiger partial charge is 0.325 e. The molecule has 4 rings (SSSR count). The minimum absolute atomic E-state index is 0.216. The SMILES string of the molecule is CCC(NC(=O)N1C(=O)[C@H](Cc2cc(C)nc(N)c2)[C@H]1C(=O)N(C)c1cnn(C)c1)c1cc(C)cc(F)c1. The van der Waals surface area contributed by atoms with E-state index in [0.717, 1.165) is 10.5 Å². The fourth-order valence-corrected chi connectivity index (χ4v) is 4.91. The standard InChI is InChI=1S/C27H32FN7O3/c1-6-22(18-7-15(2)8-19(28)12-18)32-27(38)35-24(26(37)34(5)20-13-30-33(4)14-20)21(25(35)36)10-17-9-16(3)31-23(29)11-17/h7-9,11-14,21-22,24H,6,10H2,1-5H3,(H2,29,31)(H,32,38)/t21-,22?,24+/m1/s1. The second kappa shape index (κ2) is 10.6. The highest BCUT2D eigenvalue weighted by molar-refractivity contribution is 6.12. The lowest BCUT2D eigenvalue weighted by atomic mass is 9.81. The van der Waals surface area contributed by atoms with Gasteiger partial charge in [-0.2, -0.15) is 5.10 Å². The molecule has 1 aliphatic rings. The molecule has 3 atom stereocenters. The average Bonchev–Trinajstić information content (AvgIpc) is 3.28. The van der Waals surface area contributed by atoms with E-state index in [9.17, 15) is 18.8 Å². The lowest BCUT2D eigenvalue weighted by molar-refractivity contribution is -0.156. The predicted octanol–water partition coefficient (Wildman–Crippen LogP) is 3.05. The van der Waals surface area contributed by atoms with Crippen LogP contribution in [-0.2, 0) is 23.1 Å². The Bertz CT molecular complexity index is 1350. The van der Waals surface area contributed by atoms with Crippen LogP contribution in [0.3, 0.4) is 0 Å². The molecule has 11 heteroatoms. The molecule has 1 saturated heterocycles. The van der Waals surface area contributed by atoms with Gasteiger partial charge in [-0.1, -0.05) is 13.0 Å². The van der Waals surface area contributed by atoms with Crippen molar-refractivity contribution in [3.8, 4) is 0 Å². The molecule has 38 heavy (non-hydrogen) atoms. The second-order valence-corrected chi connectivity index (χ2v) is 9.75. The number of halogens is 1. The molecule has 200 valence electrons. The molecule has 3 aromatic rings. The highest BCUT2D eigenvalue weighted by Gasteiger charge is 2.55. The van der Waals surface area contributed by atoms with Crippen molar-refractivity contribution in [1.29, 1.82) is 0 Å². The van der Waals surface area contributed by atoms with Crippen molar-refractivity contribution in [2.45, 2.75) is 45.7 Å². The van der Waals surface area contributed by atoms with E-state index in [4.69, 9.17) is 5.73 Å². The van der Waals surface area contributed by atoms with Gasteiger partial charge in [0, 0.05) is 26.0 Å². The van der Waals surface area contributed by atoms with Crippen LogP contribution < -0.4 is 16.0 Å². The first-order valence-electron chi connectivity index (χ1n) is 12.4. The topological polar surface area (TPSA) is 126 Å². The minimum atomic E-state index is -1.05. The van der Waals surface area contributed by atoms with Gasteiger partial charge >= 0.3 is 6.03 Å². The van der Waals surface area contributed by atoms with Crippen LogP contribution in [0.5, 0.6) is 0 Å². The van der Waals surface area contributed by atoms with Crippen LogP contribution in [0.25, 0.3) is 0 Å². The van der Waals surface area contributed by atoms with Gasteiger partial charge in [-0.05, 0) is 67.6 Å². The number of anilines is 2. The van der Waals surface area contributed by atoms with Gasteiger partial charge in [0.1, 0.15) is 17.7 Å². The average molecular weight is 522 g/mol. The molecule has 0 radical (unpaired) electrons. The van der Waals surface area contributed by atoms with Crippen LogP contribution in [0.2, 0.25) is 0 Å². The molecule has 3 heterocycles. The molecule has 4 amide bonds. The number of likely N-dealkylation sites (tertiary alicyclic amines) is 1. The number of β-lactam (4-membered cyclic amide) rings is 1. The maximum atomic E-state index is 14.0. The summed E-state index contributed by atoms with van der Waals surface area (Å²) in [6, 6.07) is 5.71. The number of likely N-dealkylation sites (N-methyl/N-ethyl adjacent to an activating group) is 1. The maximum absolute atomic E-state index is 14.0. The monoisotopic (exact) mass is 521 g/mol. The summed E-state index contributed by atoms with van der Waals surface area (Å²) >= 11 is 0. The normalized spacial score (nSPS) is 17.6. The third-order valence-electron chi connectivity index (χ3n) is 6.76. The highest BCUT2D eigenvalue weighted by atomic mass is 19.1. The number of benzene rings is 1. The van der Waals surface area contributed by atoms with E-state index < -0.39 is 41.7 Å². The fraction of sp³-hybridized carbons (Fsp3) is 0.370. The first kappa shape index (κ1) is 26.8. The Labute approximate surface area is 220 Å². The number of pyridine rings is 1. The molecule has 0 spiro atoms. The number of amides is 4. The van der Waals surface area contributed by atoms with Crippen molar-refractivity contribution < 1.29 is 18.8 Å². The number of carbonyl (C=O) groups is 3. The number of carbonyl (C=O) groups excluding carboxylic acids is 3. The zero-order chi connectivity index (χ0) is 27.7. The predicted molar refractivity (Wildman–Crippen MR) is 141 cm³/mol. The van der Waals surface area contributed by atoms with Crippen molar-refractivity contribution >= 4 is 29.4 Å². The lowest BCUT2D eigenvalue weighted by Crippen LogP contribution is -2.70. The Morgan fingerprint density at radius 2 is 1.95 bits per heavy atom. The highest BCUT2D eigenvalue weighted by Crippen LogP contribution is 2.33. The summed E-state index contributed by atoms with van der Waals surface area (Å²) in [7, 11) is 3.31. The van der Waals surface area contributed by atoms with Crippen molar-refractivity contribution in [3.63, 3.8) is 0 Å². The first-order valence-corrected chi connectivity index (χ1v) is 12.4. The molecule has 1 aliphatic heterocycles. The van der Waals surface area contributed by atoms with Gasteiger partial charge < -0.3 is 16.0 Å². The van der Waals surface area contributed by atoms with Gasteiger partial charge in [0.2, 0.25) is 5.91 Å². The van der Waals surface area contributed by atoms with Gasteiger partial charge in [-0.3, -0.25) is 19.2 Å². The van der Waals surface area contributed by atoms with E-state index in [-0.39, 0.29) is 6.42 Å². The minimum Gasteiger partial charge on any atom is -0.384 e. The number of urea groups is 1. The number of nitrogens with two attached hydrogens (primary N) is 1. The molecular weight excluding hydrogens is 489 g/mol. The molecule has 10 nitrogen and oxygen atoms in total. The van der Waals surface area contributed by atoms with E-state index in [1.165, 1.54) is 23.2 Å². The Morgan fingerprint density at radius 3 is 2.55 bits per heavy atom. The van der Waals surface area contributed by atoms with Crippen molar-refractivity contribution in [2.24, 2.45) is 13.0 Å². The fourth-order valence-electron chi connectivity index (χ4n) is 4.91. The van der Waals surface area contributed by atoms with E-state index in [0.29, 0.717) is 34.7 Å². The summed E-state index contributed by atoms with van der Waals surface area (Å²) in [6.07, 6.45) is 3.88. The summed E-state index contributed by atoms with van der Waals surface area (Å²) in [4.78, 5) is 46.9. The molecule has 0 aliphatic carbocycles. The van der Waals surface area contributed by atoms with E-state index in [2.05, 4.69) is 15.4 Å². The number of aromatic nitrogens is 3. The van der Waals surface area contributed by atoms with E-state index in [1.54, 1.807) is 57.0 Å². The first-order chi connectivity index (χ1) is 18.0. The molecule has 0 bridgehead atoms. The van der Waals surface area contributed by atoms with Crippen LogP contribution in [0.4, 0.5) is 20.7 Å². The van der Waals surface area contributed by atoms with Crippen LogP contribution in [0.1, 0.15) is 41.8 Å². The number of rotatable bonds is 7. The largest absolute Gasteiger partial charge is 0.384 e. The quantitative estimate of drug-likeness (QED) is 0.460. The number of imide groups is 1. The molecule has 1 fully saturated rings. The zero-order valence-electron chi connectivity index (χ0n) is 22.1. The van der Waals surface area contributed by atoms with Crippen LogP contribution in [0, 0.1) is 25.6 Å². The summed E-state index contributed by atoms with van der Waals surface area (Å²) in [5.41, 5.74) is 9.15. The van der Waals surface area contributed by atoms with Crippen molar-refractivity contribution in [2.75, 3.05) is 17.7 Å². The maximum Gasteiger partial charge on any atom is 0.325 e. The number of hydrogen-bond donors (Lipinski definition) is 2. The van der Waals surface area contributed by atoms with Gasteiger partial charge in [0.05, 0.1) is 23.8 Å². The van der Waals surface area contributed by atoms with Crippen LogP contribution >= 0.6 is 0 Å². The van der Waals surface area contributed by atoms with Crippen LogP contribution in [-0.4, -0.2) is 50.6 Å². The molecule has 3 N–H and O–H groups in total. The van der Waals surface area contributed by atoms with Gasteiger partial charge in [0.25, 0.3) is 5.91 Å². The molecule has 2 aromatic heterocycles. The number of nitrogen functional groups attached to an aromatic ring is 1. The molecule has 1 aromatic carbocycles. The van der Waals surface area contributed by atoms with Crippen molar-refractivity contribution in [1.82, 2.24) is 25.0 Å². The third kappa shape index (κ3) is 5.36. The molecule has 0 saturated carbocycles. The second-order valence-electron chi connectivity index (χ2n) is 9.75. The molecular formula is C27H32FN7O3.